The third-order valence-electron chi connectivity index (χ3n) is 3.60. The van der Waals surface area contributed by atoms with E-state index in [1.54, 1.807) is 0 Å². The predicted molar refractivity (Wildman–Crippen MR) is 88.3 cm³/mol. The van der Waals surface area contributed by atoms with Crippen molar-refractivity contribution >= 4 is 29.8 Å². The lowest BCUT2D eigenvalue weighted by Crippen LogP contribution is -2.60. The zero-order valence-electron chi connectivity index (χ0n) is 16.3. The van der Waals surface area contributed by atoms with Gasteiger partial charge in [-0.15, -0.1) is 0 Å². The van der Waals surface area contributed by atoms with Gasteiger partial charge in [-0.1, -0.05) is 0 Å². The lowest BCUT2D eigenvalue weighted by atomic mass is 9.89. The molecular weight excluding hydrogens is 380 g/mol. The highest BCUT2D eigenvalue weighted by Gasteiger charge is 2.52. The lowest BCUT2D eigenvalue weighted by molar-refractivity contribution is -0.291. The van der Waals surface area contributed by atoms with Gasteiger partial charge in [-0.05, 0) is 0 Å². The van der Waals surface area contributed by atoms with E-state index in [1.165, 1.54) is 13.8 Å². The second-order valence-corrected chi connectivity index (χ2v) is 6.07. The Bertz CT molecular complexity index is 614. The van der Waals surface area contributed by atoms with Crippen molar-refractivity contribution in [2.75, 3.05) is 13.2 Å². The maximum atomic E-state index is 11.6. The summed E-state index contributed by atoms with van der Waals surface area (Å²) in [6.07, 6.45) is -4.81. The number of hydrogen-bond acceptors (Lipinski definition) is 11. The van der Waals surface area contributed by atoms with Crippen LogP contribution in [0.25, 0.3) is 0 Å². The van der Waals surface area contributed by atoms with Gasteiger partial charge < -0.3 is 28.4 Å². The summed E-state index contributed by atoms with van der Waals surface area (Å²) in [6.45, 7) is 5.06. The van der Waals surface area contributed by atoms with Crippen LogP contribution in [0.3, 0.4) is 0 Å². The molecule has 0 bridgehead atoms. The molecule has 0 aromatic heterocycles. The van der Waals surface area contributed by atoms with Crippen molar-refractivity contribution in [1.29, 1.82) is 0 Å². The molecule has 1 heterocycles. The van der Waals surface area contributed by atoms with Gasteiger partial charge in [-0.25, -0.2) is 0 Å². The van der Waals surface area contributed by atoms with Crippen molar-refractivity contribution in [2.24, 2.45) is 5.92 Å². The predicted octanol–water partition coefficient (Wildman–Crippen LogP) is -0.120. The third-order valence-corrected chi connectivity index (χ3v) is 3.60. The van der Waals surface area contributed by atoms with Crippen LogP contribution in [0.1, 0.15) is 34.6 Å². The SMILES string of the molecule is CC(=O)OC[C@@H]1[C@@H](OC(C)=O)[C@@H](OC(C)=O)O[C@H](COC(C)=O)[C@H]1OC(C)=O. The largest absolute Gasteiger partial charge is 0.465 e. The average Bonchev–Trinajstić information content (AvgIpc) is 2.53. The van der Waals surface area contributed by atoms with Gasteiger partial charge in [-0.3, -0.25) is 24.0 Å². The van der Waals surface area contributed by atoms with E-state index in [1.807, 2.05) is 0 Å². The van der Waals surface area contributed by atoms with Crippen LogP contribution in [0.4, 0.5) is 0 Å². The minimum absolute atomic E-state index is 0.330. The molecule has 0 saturated carbocycles. The number of ether oxygens (including phenoxy) is 6. The van der Waals surface area contributed by atoms with Crippen LogP contribution in [-0.4, -0.2) is 67.7 Å². The molecule has 11 nitrogen and oxygen atoms in total. The molecule has 0 amide bonds. The Hall–Kier alpha value is -2.69. The molecule has 1 fully saturated rings. The van der Waals surface area contributed by atoms with Crippen LogP contribution in [0.15, 0.2) is 0 Å². The number of hydrogen-bond donors (Lipinski definition) is 0. The normalized spacial score (nSPS) is 26.5. The minimum Gasteiger partial charge on any atom is -0.465 e. The number of carbonyl (C=O) groups is 5. The number of carbonyl (C=O) groups excluding carboxylic acids is 5. The molecule has 0 aromatic carbocycles. The lowest BCUT2D eigenvalue weighted by Gasteiger charge is -2.44. The first-order chi connectivity index (χ1) is 13.0. The maximum absolute atomic E-state index is 11.6. The van der Waals surface area contributed by atoms with Crippen LogP contribution < -0.4 is 0 Å². The fourth-order valence-electron chi connectivity index (χ4n) is 2.68. The Morgan fingerprint density at radius 2 is 1.11 bits per heavy atom. The molecule has 1 aliphatic rings. The van der Waals surface area contributed by atoms with Crippen molar-refractivity contribution in [3.8, 4) is 0 Å². The highest BCUT2D eigenvalue weighted by molar-refractivity contribution is 5.68. The van der Waals surface area contributed by atoms with Gasteiger partial charge in [0, 0.05) is 34.6 Å². The fourth-order valence-corrected chi connectivity index (χ4v) is 2.68. The Balaban J connectivity index is 3.27. The maximum Gasteiger partial charge on any atom is 0.305 e. The molecule has 0 aromatic rings. The Morgan fingerprint density at radius 1 is 0.643 bits per heavy atom. The molecule has 5 atom stereocenters. The zero-order chi connectivity index (χ0) is 21.4. The number of esters is 5. The second kappa shape index (κ2) is 10.6. The van der Waals surface area contributed by atoms with E-state index in [0.717, 1.165) is 20.8 Å². The molecule has 158 valence electrons. The van der Waals surface area contributed by atoms with Crippen LogP contribution in [-0.2, 0) is 52.4 Å². The molecule has 1 saturated heterocycles. The van der Waals surface area contributed by atoms with E-state index in [9.17, 15) is 24.0 Å². The van der Waals surface area contributed by atoms with E-state index in [-0.39, 0.29) is 13.2 Å². The van der Waals surface area contributed by atoms with Crippen LogP contribution >= 0.6 is 0 Å². The van der Waals surface area contributed by atoms with Crippen molar-refractivity contribution in [3.63, 3.8) is 0 Å². The van der Waals surface area contributed by atoms with Gasteiger partial charge in [0.15, 0.2) is 6.10 Å². The molecule has 11 heteroatoms. The monoisotopic (exact) mass is 404 g/mol. The Morgan fingerprint density at radius 3 is 1.57 bits per heavy atom. The summed E-state index contributed by atoms with van der Waals surface area (Å²) in [7, 11) is 0. The van der Waals surface area contributed by atoms with Crippen molar-refractivity contribution in [3.05, 3.63) is 0 Å². The van der Waals surface area contributed by atoms with Crippen LogP contribution in [0.2, 0.25) is 0 Å². The molecule has 28 heavy (non-hydrogen) atoms. The first kappa shape index (κ1) is 23.3. The zero-order valence-corrected chi connectivity index (χ0v) is 16.3. The third kappa shape index (κ3) is 7.51. The number of rotatable bonds is 7. The van der Waals surface area contributed by atoms with E-state index in [0.29, 0.717) is 0 Å². The highest BCUT2D eigenvalue weighted by atomic mass is 16.7. The summed E-state index contributed by atoms with van der Waals surface area (Å²) in [5.41, 5.74) is 0. The topological polar surface area (TPSA) is 141 Å². The van der Waals surface area contributed by atoms with Gasteiger partial charge in [0.2, 0.25) is 6.29 Å². The second-order valence-electron chi connectivity index (χ2n) is 6.07. The molecule has 1 aliphatic heterocycles. The molecule has 0 radical (unpaired) electrons. The van der Waals surface area contributed by atoms with Gasteiger partial charge in [-0.2, -0.15) is 0 Å². The summed E-state index contributed by atoms with van der Waals surface area (Å²) < 4.78 is 31.1. The Labute approximate surface area is 161 Å². The summed E-state index contributed by atoms with van der Waals surface area (Å²) in [6, 6.07) is 0. The smallest absolute Gasteiger partial charge is 0.305 e. The average molecular weight is 404 g/mol. The fraction of sp³-hybridized carbons (Fsp3) is 0.706. The summed E-state index contributed by atoms with van der Waals surface area (Å²) in [5, 5.41) is 0. The van der Waals surface area contributed by atoms with Gasteiger partial charge >= 0.3 is 29.8 Å². The summed E-state index contributed by atoms with van der Waals surface area (Å²) >= 11 is 0. The van der Waals surface area contributed by atoms with E-state index >= 15 is 0 Å². The molecule has 1 rings (SSSR count). The van der Waals surface area contributed by atoms with Gasteiger partial charge in [0.25, 0.3) is 0 Å². The van der Waals surface area contributed by atoms with Crippen LogP contribution in [0.5, 0.6) is 0 Å². The van der Waals surface area contributed by atoms with E-state index in [2.05, 4.69) is 0 Å². The van der Waals surface area contributed by atoms with Crippen LogP contribution in [0, 0.1) is 5.92 Å². The van der Waals surface area contributed by atoms with Gasteiger partial charge in [0.1, 0.15) is 25.4 Å². The van der Waals surface area contributed by atoms with Crippen molar-refractivity contribution in [1.82, 2.24) is 0 Å². The van der Waals surface area contributed by atoms with Crippen molar-refractivity contribution in [2.45, 2.75) is 59.2 Å². The molecule has 0 unspecified atom stereocenters. The molecule has 0 aliphatic carbocycles. The first-order valence-electron chi connectivity index (χ1n) is 8.45. The van der Waals surface area contributed by atoms with Crippen molar-refractivity contribution < 1.29 is 52.4 Å². The standard InChI is InChI=1S/C17H24O11/c1-8(18)23-6-13-15(25-10(3)20)14(7-24-9(2)19)28-17(27-12(5)22)16(13)26-11(4)21/h13-17H,6-7H2,1-5H3/t13-,14+,15-,16+,17-/m0/s1. The van der Waals surface area contributed by atoms with Gasteiger partial charge in [0.05, 0.1) is 5.92 Å². The quantitative estimate of drug-likeness (QED) is 0.414. The first-order valence-corrected chi connectivity index (χ1v) is 8.45. The molecular formula is C17H24O11. The Kier molecular flexibility index (Phi) is 8.83. The summed E-state index contributed by atoms with van der Waals surface area (Å²) in [4.78, 5) is 57.0. The summed E-state index contributed by atoms with van der Waals surface area (Å²) in [5.74, 6) is -4.34. The molecule has 0 spiro atoms. The minimum atomic E-state index is -1.39. The molecule has 0 N–H and O–H groups in total. The van der Waals surface area contributed by atoms with E-state index < -0.39 is 60.4 Å². The van der Waals surface area contributed by atoms with E-state index in [4.69, 9.17) is 28.4 Å². The highest BCUT2D eigenvalue weighted by Crippen LogP contribution is 2.32.